The molecule has 0 aliphatic heterocycles. The zero-order chi connectivity index (χ0) is 16.6. The van der Waals surface area contributed by atoms with Crippen LogP contribution in [0.25, 0.3) is 0 Å². The summed E-state index contributed by atoms with van der Waals surface area (Å²) < 4.78 is 4.83. The third kappa shape index (κ3) is 9.17. The topological polar surface area (TPSA) is 96.5 Å². The van der Waals surface area contributed by atoms with Crippen LogP contribution in [0.15, 0.2) is 12.2 Å². The second-order valence-corrected chi connectivity index (χ2v) is 5.77. The summed E-state index contributed by atoms with van der Waals surface area (Å²) in [5.74, 6) is -0.376. The van der Waals surface area contributed by atoms with Crippen LogP contribution in [0, 0.1) is 5.41 Å². The Morgan fingerprint density at radius 1 is 1.04 bits per heavy atom. The Kier molecular flexibility index (Phi) is 11.6. The van der Waals surface area contributed by atoms with Gasteiger partial charge in [-0.15, -0.1) is 0 Å². The van der Waals surface area contributed by atoms with Gasteiger partial charge >= 0.3 is 12.0 Å². The van der Waals surface area contributed by atoms with E-state index in [0.29, 0.717) is 25.1 Å². The van der Waals surface area contributed by atoms with Gasteiger partial charge in [-0.1, -0.05) is 28.4 Å². The molecule has 1 rings (SSSR count). The van der Waals surface area contributed by atoms with Gasteiger partial charge in [0.1, 0.15) is 6.61 Å². The van der Waals surface area contributed by atoms with E-state index in [4.69, 9.17) is 4.74 Å². The van der Waals surface area contributed by atoms with Crippen molar-refractivity contribution in [2.24, 2.45) is 5.41 Å². The molecule has 140 valence electrons. The molecule has 24 heavy (non-hydrogen) atoms. The number of rotatable bonds is 9. The highest BCUT2D eigenvalue weighted by Gasteiger charge is 2.44. The molecule has 3 N–H and O–H groups in total. The Bertz CT molecular complexity index is 445. The molecule has 0 aromatic rings. The van der Waals surface area contributed by atoms with E-state index in [9.17, 15) is 14.4 Å². The first-order valence-electron chi connectivity index (χ1n) is 7.48. The SMILES string of the molecule is C.C.C=C(C)C(=O)OCCNC(=O)NCCCNC(=O)C1(C)CC1. The fourth-order valence-electron chi connectivity index (χ4n) is 1.61. The summed E-state index contributed by atoms with van der Waals surface area (Å²) >= 11 is 0. The third-order valence-corrected chi connectivity index (χ3v) is 3.44. The summed E-state index contributed by atoms with van der Waals surface area (Å²) in [6.07, 6.45) is 2.57. The molecule has 0 saturated heterocycles. The van der Waals surface area contributed by atoms with Gasteiger partial charge in [-0.25, -0.2) is 9.59 Å². The molecule has 0 spiro atoms. The maximum Gasteiger partial charge on any atom is 0.333 e. The average Bonchev–Trinajstić information content (AvgIpc) is 3.21. The summed E-state index contributed by atoms with van der Waals surface area (Å²) in [6, 6.07) is -0.327. The largest absolute Gasteiger partial charge is 0.460 e. The van der Waals surface area contributed by atoms with Crippen LogP contribution in [0.4, 0.5) is 4.79 Å². The fraction of sp³-hybridized carbons (Fsp3) is 0.706. The molecular formula is C17H33N3O4. The van der Waals surface area contributed by atoms with Gasteiger partial charge in [-0.05, 0) is 26.2 Å². The van der Waals surface area contributed by atoms with Crippen LogP contribution < -0.4 is 16.0 Å². The molecule has 0 radical (unpaired) electrons. The number of esters is 1. The molecule has 0 aromatic carbocycles. The summed E-state index contributed by atoms with van der Waals surface area (Å²) in [7, 11) is 0. The number of carbonyl (C=O) groups is 3. The van der Waals surface area contributed by atoms with Gasteiger partial charge in [-0.2, -0.15) is 0 Å². The van der Waals surface area contributed by atoms with Crippen molar-refractivity contribution in [3.05, 3.63) is 12.2 Å². The molecule has 1 saturated carbocycles. The third-order valence-electron chi connectivity index (χ3n) is 3.44. The molecule has 1 fully saturated rings. The maximum atomic E-state index is 11.6. The van der Waals surface area contributed by atoms with Gasteiger partial charge in [0.2, 0.25) is 5.91 Å². The molecule has 0 bridgehead atoms. The molecule has 3 amide bonds. The van der Waals surface area contributed by atoms with Gasteiger partial charge in [0.25, 0.3) is 0 Å². The Morgan fingerprint density at radius 2 is 1.58 bits per heavy atom. The first-order chi connectivity index (χ1) is 10.3. The van der Waals surface area contributed by atoms with Crippen LogP contribution in [0.2, 0.25) is 0 Å². The Labute approximate surface area is 145 Å². The normalized spacial score (nSPS) is 13.4. The van der Waals surface area contributed by atoms with Gasteiger partial charge in [0, 0.05) is 24.1 Å². The Balaban J connectivity index is 0. The number of hydrogen-bond donors (Lipinski definition) is 3. The van der Waals surface area contributed by atoms with E-state index in [1.165, 1.54) is 0 Å². The van der Waals surface area contributed by atoms with Crippen molar-refractivity contribution in [3.63, 3.8) is 0 Å². The quantitative estimate of drug-likeness (QED) is 0.339. The minimum Gasteiger partial charge on any atom is -0.460 e. The van der Waals surface area contributed by atoms with E-state index in [1.807, 2.05) is 6.92 Å². The first kappa shape index (κ1) is 24.2. The Morgan fingerprint density at radius 3 is 2.12 bits per heavy atom. The molecule has 0 heterocycles. The van der Waals surface area contributed by atoms with E-state index >= 15 is 0 Å². The minimum atomic E-state index is -0.470. The summed E-state index contributed by atoms with van der Waals surface area (Å²) in [5, 5.41) is 8.09. The van der Waals surface area contributed by atoms with E-state index in [1.54, 1.807) is 6.92 Å². The molecule has 1 aliphatic rings. The summed E-state index contributed by atoms with van der Waals surface area (Å²) in [4.78, 5) is 34.1. The van der Waals surface area contributed by atoms with Gasteiger partial charge in [0.15, 0.2) is 0 Å². The van der Waals surface area contributed by atoms with E-state index in [0.717, 1.165) is 12.8 Å². The van der Waals surface area contributed by atoms with Gasteiger partial charge in [0.05, 0.1) is 6.54 Å². The molecule has 0 unspecified atom stereocenters. The predicted octanol–water partition coefficient (Wildman–Crippen LogP) is 1.98. The van der Waals surface area contributed by atoms with Crippen LogP contribution in [0.3, 0.4) is 0 Å². The maximum absolute atomic E-state index is 11.6. The molecule has 0 aromatic heterocycles. The molecule has 0 atom stereocenters. The van der Waals surface area contributed by atoms with Crippen molar-refractivity contribution in [2.45, 2.75) is 48.0 Å². The van der Waals surface area contributed by atoms with Crippen molar-refractivity contribution >= 4 is 17.9 Å². The number of amides is 3. The number of urea groups is 1. The number of ether oxygens (including phenoxy) is 1. The lowest BCUT2D eigenvalue weighted by Crippen LogP contribution is -2.39. The van der Waals surface area contributed by atoms with Crippen molar-refractivity contribution in [3.8, 4) is 0 Å². The highest BCUT2D eigenvalue weighted by Crippen LogP contribution is 2.44. The zero-order valence-corrected chi connectivity index (χ0v) is 13.3. The smallest absolute Gasteiger partial charge is 0.333 e. The minimum absolute atomic E-state index is 0. The highest BCUT2D eigenvalue weighted by atomic mass is 16.5. The number of carbonyl (C=O) groups excluding carboxylic acids is 3. The second-order valence-electron chi connectivity index (χ2n) is 5.77. The molecule has 7 heteroatoms. The number of hydrogen-bond acceptors (Lipinski definition) is 4. The standard InChI is InChI=1S/C15H25N3O4.2CH4/c1-11(2)12(19)22-10-9-18-14(21)17-8-4-7-16-13(20)15(3)5-6-15;;/h1,4-10H2,2-3H3,(H,16,20)(H2,17,18,21);2*1H4. The van der Waals surface area contributed by atoms with E-state index < -0.39 is 5.97 Å². The molecule has 1 aliphatic carbocycles. The average molecular weight is 343 g/mol. The van der Waals surface area contributed by atoms with Crippen LogP contribution >= 0.6 is 0 Å². The lowest BCUT2D eigenvalue weighted by molar-refractivity contribution is -0.138. The van der Waals surface area contributed by atoms with E-state index in [-0.39, 0.29) is 45.4 Å². The fourth-order valence-corrected chi connectivity index (χ4v) is 1.61. The van der Waals surface area contributed by atoms with E-state index in [2.05, 4.69) is 22.5 Å². The van der Waals surface area contributed by atoms with Gasteiger partial charge in [-0.3, -0.25) is 4.79 Å². The summed E-state index contributed by atoms with van der Waals surface area (Å²) in [6.45, 7) is 8.32. The van der Waals surface area contributed by atoms with Crippen molar-refractivity contribution in [1.29, 1.82) is 0 Å². The lowest BCUT2D eigenvalue weighted by atomic mass is 10.1. The molecular weight excluding hydrogens is 310 g/mol. The zero-order valence-electron chi connectivity index (χ0n) is 13.3. The Hall–Kier alpha value is -2.05. The first-order valence-corrected chi connectivity index (χ1v) is 7.48. The number of nitrogens with one attached hydrogen (secondary N) is 3. The summed E-state index contributed by atoms with van der Waals surface area (Å²) in [5.41, 5.74) is 0.165. The van der Waals surface area contributed by atoms with Crippen LogP contribution in [0.1, 0.15) is 48.0 Å². The van der Waals surface area contributed by atoms with Crippen LogP contribution in [-0.4, -0.2) is 44.1 Å². The van der Waals surface area contributed by atoms with Gasteiger partial charge < -0.3 is 20.7 Å². The van der Waals surface area contributed by atoms with Crippen molar-refractivity contribution < 1.29 is 19.1 Å². The van der Waals surface area contributed by atoms with Crippen LogP contribution in [0.5, 0.6) is 0 Å². The predicted molar refractivity (Wildman–Crippen MR) is 95.6 cm³/mol. The van der Waals surface area contributed by atoms with Crippen molar-refractivity contribution in [2.75, 3.05) is 26.2 Å². The highest BCUT2D eigenvalue weighted by molar-refractivity contribution is 5.87. The monoisotopic (exact) mass is 343 g/mol. The lowest BCUT2D eigenvalue weighted by Gasteiger charge is -2.10. The van der Waals surface area contributed by atoms with Crippen molar-refractivity contribution in [1.82, 2.24) is 16.0 Å². The van der Waals surface area contributed by atoms with Crippen LogP contribution in [-0.2, 0) is 14.3 Å². The molecule has 7 nitrogen and oxygen atoms in total. The second kappa shape index (κ2) is 11.5.